The van der Waals surface area contributed by atoms with Crippen LogP contribution in [0.2, 0.25) is 5.02 Å². The predicted molar refractivity (Wildman–Crippen MR) is 116 cm³/mol. The van der Waals surface area contributed by atoms with Crippen molar-refractivity contribution in [2.45, 2.75) is 20.4 Å². The van der Waals surface area contributed by atoms with E-state index in [4.69, 9.17) is 25.8 Å². The zero-order valence-electron chi connectivity index (χ0n) is 17.4. The maximum absolute atomic E-state index is 12.3. The molecular formula is C22H24ClN3O4. The number of rotatable bonds is 8. The Bertz CT molecular complexity index is 1030. The van der Waals surface area contributed by atoms with Gasteiger partial charge in [0.15, 0.2) is 18.1 Å². The third-order valence-electron chi connectivity index (χ3n) is 4.61. The molecule has 7 nitrogen and oxygen atoms in total. The quantitative estimate of drug-likeness (QED) is 0.579. The topological polar surface area (TPSA) is 74.6 Å². The summed E-state index contributed by atoms with van der Waals surface area (Å²) in [7, 11) is 3.20. The number of hydrogen-bond acceptors (Lipinski definition) is 5. The maximum Gasteiger partial charge on any atom is 0.262 e. The number of methoxy groups -OCH3 is 2. The van der Waals surface area contributed by atoms with Gasteiger partial charge in [0.05, 0.1) is 37.8 Å². The summed E-state index contributed by atoms with van der Waals surface area (Å²) < 4.78 is 18.0. The van der Waals surface area contributed by atoms with Gasteiger partial charge in [-0.15, -0.1) is 0 Å². The zero-order valence-corrected chi connectivity index (χ0v) is 18.1. The van der Waals surface area contributed by atoms with Crippen LogP contribution in [0.1, 0.15) is 17.0 Å². The van der Waals surface area contributed by atoms with E-state index >= 15 is 0 Å². The molecule has 0 aliphatic carbocycles. The molecule has 3 rings (SSSR count). The van der Waals surface area contributed by atoms with Gasteiger partial charge in [-0.3, -0.25) is 9.48 Å². The highest BCUT2D eigenvalue weighted by molar-refractivity contribution is 6.30. The number of halogens is 1. The Labute approximate surface area is 180 Å². The molecule has 8 heteroatoms. The number of ether oxygens (including phenoxy) is 3. The second-order valence-corrected chi connectivity index (χ2v) is 7.12. The molecular weight excluding hydrogens is 406 g/mol. The van der Waals surface area contributed by atoms with E-state index in [-0.39, 0.29) is 12.5 Å². The van der Waals surface area contributed by atoms with E-state index in [2.05, 4.69) is 10.4 Å². The van der Waals surface area contributed by atoms with Crippen LogP contribution in [0.5, 0.6) is 17.2 Å². The molecule has 3 aromatic rings. The van der Waals surface area contributed by atoms with Crippen molar-refractivity contribution in [3.05, 3.63) is 64.4 Å². The third-order valence-corrected chi connectivity index (χ3v) is 4.86. The molecule has 158 valence electrons. The van der Waals surface area contributed by atoms with Crippen molar-refractivity contribution in [2.24, 2.45) is 0 Å². The van der Waals surface area contributed by atoms with Crippen LogP contribution in [-0.4, -0.2) is 36.5 Å². The average molecular weight is 430 g/mol. The Kier molecular flexibility index (Phi) is 6.84. The van der Waals surface area contributed by atoms with Gasteiger partial charge in [-0.05, 0) is 55.8 Å². The van der Waals surface area contributed by atoms with Gasteiger partial charge in [-0.1, -0.05) is 17.7 Å². The van der Waals surface area contributed by atoms with E-state index in [1.807, 2.05) is 36.7 Å². The van der Waals surface area contributed by atoms with Crippen molar-refractivity contribution in [3.63, 3.8) is 0 Å². The summed E-state index contributed by atoms with van der Waals surface area (Å²) in [4.78, 5) is 12.3. The fourth-order valence-corrected chi connectivity index (χ4v) is 3.16. The lowest BCUT2D eigenvalue weighted by Gasteiger charge is -2.11. The summed E-state index contributed by atoms with van der Waals surface area (Å²) in [6.07, 6.45) is 0. The van der Waals surface area contributed by atoms with E-state index in [0.29, 0.717) is 34.5 Å². The molecule has 0 aliphatic rings. The smallest absolute Gasteiger partial charge is 0.262 e. The predicted octanol–water partition coefficient (Wildman–Crippen LogP) is 4.24. The molecule has 0 fully saturated rings. The number of anilines is 1. The van der Waals surface area contributed by atoms with Crippen LogP contribution in [-0.2, 0) is 11.3 Å². The lowest BCUT2D eigenvalue weighted by molar-refractivity contribution is -0.118. The van der Waals surface area contributed by atoms with Gasteiger partial charge < -0.3 is 19.5 Å². The highest BCUT2D eigenvalue weighted by Crippen LogP contribution is 2.28. The van der Waals surface area contributed by atoms with Crippen LogP contribution in [0.25, 0.3) is 0 Å². The molecule has 1 amide bonds. The molecule has 0 radical (unpaired) electrons. The molecule has 0 atom stereocenters. The molecule has 1 heterocycles. The van der Waals surface area contributed by atoms with Gasteiger partial charge >= 0.3 is 0 Å². The van der Waals surface area contributed by atoms with Crippen LogP contribution in [0.15, 0.2) is 42.5 Å². The van der Waals surface area contributed by atoms with Crippen molar-refractivity contribution >= 4 is 23.2 Å². The summed E-state index contributed by atoms with van der Waals surface area (Å²) in [5.41, 5.74) is 3.26. The minimum Gasteiger partial charge on any atom is -0.493 e. The summed E-state index contributed by atoms with van der Waals surface area (Å²) in [5, 5.41) is 8.06. The molecule has 0 spiro atoms. The number of aromatic nitrogens is 2. The average Bonchev–Trinajstić information content (AvgIpc) is 3.00. The van der Waals surface area contributed by atoms with Crippen LogP contribution in [0.3, 0.4) is 0 Å². The number of nitrogens with one attached hydrogen (secondary N) is 1. The number of aryl methyl sites for hydroxylation is 1. The van der Waals surface area contributed by atoms with Crippen molar-refractivity contribution in [1.82, 2.24) is 9.78 Å². The normalized spacial score (nSPS) is 10.6. The van der Waals surface area contributed by atoms with Gasteiger partial charge in [0.2, 0.25) is 0 Å². The van der Waals surface area contributed by atoms with Gasteiger partial charge in [0.25, 0.3) is 5.91 Å². The first-order valence-corrected chi connectivity index (χ1v) is 9.72. The van der Waals surface area contributed by atoms with Gasteiger partial charge in [-0.25, -0.2) is 0 Å². The van der Waals surface area contributed by atoms with Gasteiger partial charge in [-0.2, -0.15) is 5.10 Å². The molecule has 0 bridgehead atoms. The highest BCUT2D eigenvalue weighted by Gasteiger charge is 2.15. The number of amides is 1. The summed E-state index contributed by atoms with van der Waals surface area (Å²) in [5.74, 6) is 1.64. The minimum atomic E-state index is -0.262. The molecule has 0 aliphatic heterocycles. The Morgan fingerprint density at radius 2 is 1.77 bits per heavy atom. The molecule has 0 saturated heterocycles. The first-order valence-electron chi connectivity index (χ1n) is 9.34. The lowest BCUT2D eigenvalue weighted by atomic mass is 10.2. The lowest BCUT2D eigenvalue weighted by Crippen LogP contribution is -2.21. The third kappa shape index (κ3) is 5.04. The van der Waals surface area contributed by atoms with Crippen molar-refractivity contribution in [1.29, 1.82) is 0 Å². The first-order chi connectivity index (χ1) is 14.4. The molecule has 30 heavy (non-hydrogen) atoms. The largest absolute Gasteiger partial charge is 0.493 e. The minimum absolute atomic E-state index is 0.110. The zero-order chi connectivity index (χ0) is 21.7. The Hall–Kier alpha value is -3.19. The standard InChI is InChI=1S/C22H24ClN3O4/c1-14-22(24-21(27)13-30-18-8-6-17(23)7-9-18)15(2)26(25-14)12-16-5-10-19(28-3)20(11-16)29-4/h5-11H,12-13H2,1-4H3,(H,24,27). The Balaban J connectivity index is 1.67. The van der Waals surface area contributed by atoms with E-state index < -0.39 is 0 Å². The number of hydrogen-bond donors (Lipinski definition) is 1. The second kappa shape index (κ2) is 9.54. The van der Waals surface area contributed by atoms with E-state index in [1.165, 1.54) is 0 Å². The summed E-state index contributed by atoms with van der Waals surface area (Å²) in [6, 6.07) is 12.6. The van der Waals surface area contributed by atoms with Crippen LogP contribution in [0, 0.1) is 13.8 Å². The van der Waals surface area contributed by atoms with E-state index in [9.17, 15) is 4.79 Å². The Morgan fingerprint density at radius 3 is 2.43 bits per heavy atom. The van der Waals surface area contributed by atoms with Crippen LogP contribution >= 0.6 is 11.6 Å². The van der Waals surface area contributed by atoms with Crippen LogP contribution < -0.4 is 19.5 Å². The molecule has 1 N–H and O–H groups in total. The summed E-state index contributed by atoms with van der Waals surface area (Å²) in [6.45, 7) is 4.19. The van der Waals surface area contributed by atoms with Crippen LogP contribution in [0.4, 0.5) is 5.69 Å². The molecule has 2 aromatic carbocycles. The fourth-order valence-electron chi connectivity index (χ4n) is 3.04. The number of carbonyl (C=O) groups excluding carboxylic acids is 1. The number of benzene rings is 2. The fraction of sp³-hybridized carbons (Fsp3) is 0.273. The first kappa shape index (κ1) is 21.5. The second-order valence-electron chi connectivity index (χ2n) is 6.68. The SMILES string of the molecule is COc1ccc(Cn2nc(C)c(NC(=O)COc3ccc(Cl)cc3)c2C)cc1OC. The van der Waals surface area contributed by atoms with E-state index in [0.717, 1.165) is 17.0 Å². The molecule has 1 aromatic heterocycles. The van der Waals surface area contributed by atoms with Crippen molar-refractivity contribution in [2.75, 3.05) is 26.1 Å². The highest BCUT2D eigenvalue weighted by atomic mass is 35.5. The van der Waals surface area contributed by atoms with Gasteiger partial charge in [0, 0.05) is 5.02 Å². The monoisotopic (exact) mass is 429 g/mol. The van der Waals surface area contributed by atoms with E-state index in [1.54, 1.807) is 38.5 Å². The van der Waals surface area contributed by atoms with Gasteiger partial charge in [0.1, 0.15) is 5.75 Å². The van der Waals surface area contributed by atoms with Crippen molar-refractivity contribution in [3.8, 4) is 17.2 Å². The molecule has 0 saturated carbocycles. The molecule has 0 unspecified atom stereocenters. The van der Waals surface area contributed by atoms with Crippen molar-refractivity contribution < 1.29 is 19.0 Å². The maximum atomic E-state index is 12.3. The summed E-state index contributed by atoms with van der Waals surface area (Å²) >= 11 is 5.85. The number of carbonyl (C=O) groups is 1. The Morgan fingerprint density at radius 1 is 1.07 bits per heavy atom. The number of nitrogens with zero attached hydrogens (tertiary/aromatic N) is 2.